The zero-order valence-corrected chi connectivity index (χ0v) is 8.10. The number of nitrogens with two attached hydrogens (primary N) is 1. The first-order valence-corrected chi connectivity index (χ1v) is 4.63. The minimum Gasteiger partial charge on any atom is -0.465 e. The number of esters is 1. The molecule has 0 saturated heterocycles. The van der Waals surface area contributed by atoms with Gasteiger partial charge in [-0.25, -0.2) is 10.7 Å². The normalized spacial score (nSPS) is 10.0. The van der Waals surface area contributed by atoms with Crippen LogP contribution < -0.4 is 5.90 Å². The molecule has 0 atom stereocenters. The zero-order chi connectivity index (χ0) is 9.68. The molecule has 0 fully saturated rings. The molecule has 0 saturated carbocycles. The molecule has 0 aromatic carbocycles. The van der Waals surface area contributed by atoms with E-state index in [1.165, 1.54) is 18.4 Å². The number of thiophene rings is 1. The van der Waals surface area contributed by atoms with Crippen LogP contribution in [0, 0.1) is 0 Å². The Hall–Kier alpha value is -0.910. The van der Waals surface area contributed by atoms with Crippen LogP contribution in [-0.4, -0.2) is 19.7 Å². The minimum absolute atomic E-state index is 0.309. The molecule has 1 aromatic rings. The molecule has 13 heavy (non-hydrogen) atoms. The largest absolute Gasteiger partial charge is 0.465 e. The lowest BCUT2D eigenvalue weighted by Gasteiger charge is -1.94. The Kier molecular flexibility index (Phi) is 3.88. The highest BCUT2D eigenvalue weighted by atomic mass is 32.1. The maximum Gasteiger partial charge on any atom is 0.338 e. The van der Waals surface area contributed by atoms with E-state index >= 15 is 0 Å². The molecule has 0 radical (unpaired) electrons. The molecule has 1 aromatic heterocycles. The fourth-order valence-corrected chi connectivity index (χ4v) is 1.73. The smallest absolute Gasteiger partial charge is 0.338 e. The van der Waals surface area contributed by atoms with Gasteiger partial charge in [0, 0.05) is 16.7 Å². The fourth-order valence-electron chi connectivity index (χ4n) is 0.896. The molecular formula is C8H11NO3S. The third-order valence-electron chi connectivity index (χ3n) is 1.54. The summed E-state index contributed by atoms with van der Waals surface area (Å²) in [5.41, 5.74) is 0.583. The summed E-state index contributed by atoms with van der Waals surface area (Å²) in [6, 6.07) is 1.79. The van der Waals surface area contributed by atoms with Crippen molar-refractivity contribution in [3.63, 3.8) is 0 Å². The van der Waals surface area contributed by atoms with E-state index in [1.807, 2.05) is 0 Å². The molecule has 0 bridgehead atoms. The van der Waals surface area contributed by atoms with Gasteiger partial charge in [-0.1, -0.05) is 0 Å². The summed E-state index contributed by atoms with van der Waals surface area (Å²) in [4.78, 5) is 16.5. The first-order chi connectivity index (χ1) is 6.27. The Morgan fingerprint density at radius 3 is 3.08 bits per heavy atom. The van der Waals surface area contributed by atoms with Crippen molar-refractivity contribution in [2.75, 3.05) is 13.7 Å². The van der Waals surface area contributed by atoms with Gasteiger partial charge in [0.2, 0.25) is 0 Å². The van der Waals surface area contributed by atoms with Crippen molar-refractivity contribution in [3.8, 4) is 0 Å². The Morgan fingerprint density at radius 1 is 1.69 bits per heavy atom. The molecule has 1 heterocycles. The maximum atomic E-state index is 11.0. The highest BCUT2D eigenvalue weighted by Crippen LogP contribution is 2.15. The van der Waals surface area contributed by atoms with Gasteiger partial charge in [-0.05, 0) is 6.07 Å². The summed E-state index contributed by atoms with van der Waals surface area (Å²) >= 11 is 1.50. The van der Waals surface area contributed by atoms with Crippen molar-refractivity contribution in [2.45, 2.75) is 6.42 Å². The van der Waals surface area contributed by atoms with Crippen LogP contribution >= 0.6 is 11.3 Å². The zero-order valence-electron chi connectivity index (χ0n) is 7.28. The summed E-state index contributed by atoms with van der Waals surface area (Å²) in [5, 5.41) is 1.76. The van der Waals surface area contributed by atoms with E-state index < -0.39 is 0 Å². The molecular weight excluding hydrogens is 190 g/mol. The SMILES string of the molecule is COC(=O)c1csc(CCON)c1. The third-order valence-corrected chi connectivity index (χ3v) is 2.54. The van der Waals surface area contributed by atoms with Gasteiger partial charge >= 0.3 is 5.97 Å². The number of hydrogen-bond acceptors (Lipinski definition) is 5. The van der Waals surface area contributed by atoms with Gasteiger partial charge in [0.25, 0.3) is 0 Å². The van der Waals surface area contributed by atoms with Gasteiger partial charge < -0.3 is 9.57 Å². The number of hydrogen-bond donors (Lipinski definition) is 1. The van der Waals surface area contributed by atoms with Crippen LogP contribution in [0.15, 0.2) is 11.4 Å². The molecule has 72 valence electrons. The Bertz CT molecular complexity index is 285. The Labute approximate surface area is 80.2 Å². The first kappa shape index (κ1) is 10.2. The van der Waals surface area contributed by atoms with Crippen LogP contribution in [0.4, 0.5) is 0 Å². The van der Waals surface area contributed by atoms with Crippen molar-refractivity contribution in [2.24, 2.45) is 5.90 Å². The lowest BCUT2D eigenvalue weighted by molar-refractivity contribution is 0.0601. The van der Waals surface area contributed by atoms with Crippen LogP contribution in [0.25, 0.3) is 0 Å². The number of carbonyl (C=O) groups excluding carboxylic acids is 1. The van der Waals surface area contributed by atoms with Crippen molar-refractivity contribution in [1.82, 2.24) is 0 Å². The molecule has 2 N–H and O–H groups in total. The molecule has 0 aliphatic heterocycles. The van der Waals surface area contributed by atoms with Gasteiger partial charge in [0.1, 0.15) is 0 Å². The molecule has 0 spiro atoms. The fraction of sp³-hybridized carbons (Fsp3) is 0.375. The van der Waals surface area contributed by atoms with E-state index in [0.717, 1.165) is 11.3 Å². The lowest BCUT2D eigenvalue weighted by atomic mass is 10.3. The van der Waals surface area contributed by atoms with E-state index in [9.17, 15) is 4.79 Å². The second-order valence-electron chi connectivity index (χ2n) is 2.41. The first-order valence-electron chi connectivity index (χ1n) is 3.75. The second kappa shape index (κ2) is 4.96. The van der Waals surface area contributed by atoms with Crippen LogP contribution in [0.3, 0.4) is 0 Å². The molecule has 5 heteroatoms. The van der Waals surface area contributed by atoms with E-state index in [0.29, 0.717) is 12.2 Å². The molecule has 1 rings (SSSR count). The van der Waals surface area contributed by atoms with Gasteiger partial charge in [0.15, 0.2) is 0 Å². The summed E-state index contributed by atoms with van der Waals surface area (Å²) in [7, 11) is 1.36. The summed E-state index contributed by atoms with van der Waals surface area (Å²) in [6.45, 7) is 0.459. The van der Waals surface area contributed by atoms with Crippen LogP contribution in [0.5, 0.6) is 0 Å². The Morgan fingerprint density at radius 2 is 2.46 bits per heavy atom. The molecule has 0 aliphatic carbocycles. The van der Waals surface area contributed by atoms with Crippen molar-refractivity contribution in [1.29, 1.82) is 0 Å². The van der Waals surface area contributed by atoms with Crippen molar-refractivity contribution >= 4 is 17.3 Å². The summed E-state index contributed by atoms with van der Waals surface area (Å²) in [5.74, 6) is 4.57. The number of carbonyl (C=O) groups is 1. The molecule has 0 amide bonds. The predicted molar refractivity (Wildman–Crippen MR) is 49.5 cm³/mol. The number of rotatable bonds is 4. The van der Waals surface area contributed by atoms with Crippen molar-refractivity contribution < 1.29 is 14.4 Å². The average Bonchev–Trinajstić information content (AvgIpc) is 2.62. The van der Waals surface area contributed by atoms with E-state index in [4.69, 9.17) is 5.90 Å². The molecule has 4 nitrogen and oxygen atoms in total. The summed E-state index contributed by atoms with van der Waals surface area (Å²) < 4.78 is 4.57. The Balaban J connectivity index is 2.58. The number of ether oxygens (including phenoxy) is 1. The van der Waals surface area contributed by atoms with Crippen LogP contribution in [-0.2, 0) is 16.0 Å². The standard InChI is InChI=1S/C8H11NO3S/c1-11-8(10)6-4-7(13-5-6)2-3-12-9/h4-5H,2-3,9H2,1H3. The molecule has 0 aliphatic rings. The maximum absolute atomic E-state index is 11.0. The number of methoxy groups -OCH3 is 1. The monoisotopic (exact) mass is 201 g/mol. The summed E-state index contributed by atoms with van der Waals surface area (Å²) in [6.07, 6.45) is 0.720. The van der Waals surface area contributed by atoms with Gasteiger partial charge in [-0.2, -0.15) is 0 Å². The van der Waals surface area contributed by atoms with Crippen LogP contribution in [0.1, 0.15) is 15.2 Å². The van der Waals surface area contributed by atoms with Crippen molar-refractivity contribution in [3.05, 3.63) is 21.9 Å². The second-order valence-corrected chi connectivity index (χ2v) is 3.41. The van der Waals surface area contributed by atoms with E-state index in [1.54, 1.807) is 11.4 Å². The topological polar surface area (TPSA) is 61.5 Å². The highest BCUT2D eigenvalue weighted by molar-refractivity contribution is 7.10. The van der Waals surface area contributed by atoms with Gasteiger partial charge in [0.05, 0.1) is 19.3 Å². The van der Waals surface area contributed by atoms with Gasteiger partial charge in [-0.15, -0.1) is 11.3 Å². The average molecular weight is 201 g/mol. The van der Waals surface area contributed by atoms with Crippen LogP contribution in [0.2, 0.25) is 0 Å². The molecule has 0 unspecified atom stereocenters. The van der Waals surface area contributed by atoms with Gasteiger partial charge in [-0.3, -0.25) is 0 Å². The lowest BCUT2D eigenvalue weighted by Crippen LogP contribution is -2.03. The quantitative estimate of drug-likeness (QED) is 0.582. The predicted octanol–water partition coefficient (Wildman–Crippen LogP) is 0.968. The highest BCUT2D eigenvalue weighted by Gasteiger charge is 2.07. The van der Waals surface area contributed by atoms with E-state index in [-0.39, 0.29) is 5.97 Å². The third kappa shape index (κ3) is 2.80. The minimum atomic E-state index is -0.309. The van der Waals surface area contributed by atoms with E-state index in [2.05, 4.69) is 9.57 Å².